The van der Waals surface area contributed by atoms with Crippen molar-refractivity contribution in [3.8, 4) is 0 Å². The maximum absolute atomic E-state index is 12.2. The van der Waals surface area contributed by atoms with Crippen LogP contribution in [0.2, 0.25) is 0 Å². The van der Waals surface area contributed by atoms with Gasteiger partial charge in [0.2, 0.25) is 10.0 Å². The summed E-state index contributed by atoms with van der Waals surface area (Å²) in [5.74, 6) is 0. The fraction of sp³-hybridized carbons (Fsp3) is 0.667. The molecular formula is C12H22N2O2S2. The Morgan fingerprint density at radius 2 is 2.00 bits per heavy atom. The highest BCUT2D eigenvalue weighted by atomic mass is 32.2. The second-order valence-corrected chi connectivity index (χ2v) is 7.36. The summed E-state index contributed by atoms with van der Waals surface area (Å²) in [6, 6.07) is 1.97. The second kappa shape index (κ2) is 6.65. The van der Waals surface area contributed by atoms with Crippen molar-refractivity contribution in [1.29, 1.82) is 0 Å². The van der Waals surface area contributed by atoms with Crippen LogP contribution in [0.5, 0.6) is 0 Å². The van der Waals surface area contributed by atoms with Gasteiger partial charge in [-0.2, -0.15) is 0 Å². The van der Waals surface area contributed by atoms with E-state index >= 15 is 0 Å². The van der Waals surface area contributed by atoms with Crippen molar-refractivity contribution in [3.63, 3.8) is 0 Å². The summed E-state index contributed by atoms with van der Waals surface area (Å²) < 4.78 is 27.1. The number of sulfonamides is 1. The van der Waals surface area contributed by atoms with E-state index in [4.69, 9.17) is 0 Å². The maximum Gasteiger partial charge on any atom is 0.241 e. The lowest BCUT2D eigenvalue weighted by Crippen LogP contribution is -2.32. The number of thiophene rings is 1. The van der Waals surface area contributed by atoms with Crippen molar-refractivity contribution >= 4 is 21.4 Å². The monoisotopic (exact) mass is 290 g/mol. The van der Waals surface area contributed by atoms with Gasteiger partial charge in [-0.1, -0.05) is 20.8 Å². The molecule has 0 aliphatic carbocycles. The first-order chi connectivity index (χ1) is 8.36. The number of nitrogens with one attached hydrogen (secondary N) is 2. The Morgan fingerprint density at radius 1 is 1.33 bits per heavy atom. The van der Waals surface area contributed by atoms with Crippen LogP contribution in [0.25, 0.3) is 0 Å². The molecule has 0 saturated heterocycles. The molecule has 0 aromatic carbocycles. The van der Waals surface area contributed by atoms with E-state index in [-0.39, 0.29) is 6.04 Å². The van der Waals surface area contributed by atoms with Crippen molar-refractivity contribution in [2.24, 2.45) is 0 Å². The average Bonchev–Trinajstić information content (AvgIpc) is 2.74. The lowest BCUT2D eigenvalue weighted by atomic mass is 10.3. The minimum Gasteiger partial charge on any atom is -0.310 e. The van der Waals surface area contributed by atoms with E-state index < -0.39 is 10.0 Å². The zero-order chi connectivity index (χ0) is 13.8. The molecule has 0 aliphatic heterocycles. The molecule has 1 unspecified atom stereocenters. The first kappa shape index (κ1) is 15.6. The molecule has 0 amide bonds. The Hall–Kier alpha value is -0.430. The normalized spacial score (nSPS) is 14.1. The summed E-state index contributed by atoms with van der Waals surface area (Å²) in [4.78, 5) is 1.26. The van der Waals surface area contributed by atoms with E-state index in [0.717, 1.165) is 11.3 Å². The SMILES string of the molecule is CCC(C)NS(=O)(=O)c1ccsc1CNC(C)C. The van der Waals surface area contributed by atoms with Crippen LogP contribution >= 0.6 is 11.3 Å². The van der Waals surface area contributed by atoms with Crippen LogP contribution in [0.3, 0.4) is 0 Å². The van der Waals surface area contributed by atoms with Gasteiger partial charge >= 0.3 is 0 Å². The zero-order valence-electron chi connectivity index (χ0n) is 11.4. The average molecular weight is 290 g/mol. The molecule has 18 heavy (non-hydrogen) atoms. The largest absolute Gasteiger partial charge is 0.310 e. The second-order valence-electron chi connectivity index (χ2n) is 4.67. The third-order valence-corrected chi connectivity index (χ3v) is 5.36. The number of hydrogen-bond acceptors (Lipinski definition) is 4. The van der Waals surface area contributed by atoms with Gasteiger partial charge in [0, 0.05) is 23.5 Å². The molecule has 0 fully saturated rings. The van der Waals surface area contributed by atoms with Gasteiger partial charge in [-0.15, -0.1) is 11.3 Å². The van der Waals surface area contributed by atoms with E-state index in [0.29, 0.717) is 17.5 Å². The van der Waals surface area contributed by atoms with Crippen LogP contribution in [-0.4, -0.2) is 20.5 Å². The standard InChI is InChI=1S/C12H22N2O2S2/c1-5-10(4)14-18(15,16)12-6-7-17-11(12)8-13-9(2)3/h6-7,9-10,13-14H,5,8H2,1-4H3. The quantitative estimate of drug-likeness (QED) is 0.810. The number of hydrogen-bond donors (Lipinski definition) is 2. The molecule has 4 nitrogen and oxygen atoms in total. The fourth-order valence-electron chi connectivity index (χ4n) is 1.41. The molecular weight excluding hydrogens is 268 g/mol. The molecule has 1 aromatic heterocycles. The third kappa shape index (κ3) is 4.35. The predicted octanol–water partition coefficient (Wildman–Crippen LogP) is 2.32. The van der Waals surface area contributed by atoms with Crippen LogP contribution in [0.1, 0.15) is 39.0 Å². The molecule has 0 aliphatic rings. The molecule has 104 valence electrons. The third-order valence-electron chi connectivity index (χ3n) is 2.63. The Balaban J connectivity index is 2.85. The summed E-state index contributed by atoms with van der Waals surface area (Å²) in [5.41, 5.74) is 0. The summed E-state index contributed by atoms with van der Waals surface area (Å²) in [6.07, 6.45) is 0.781. The Bertz CT molecular complexity index is 466. The first-order valence-corrected chi connectivity index (χ1v) is 8.55. The molecule has 0 spiro atoms. The first-order valence-electron chi connectivity index (χ1n) is 6.19. The van der Waals surface area contributed by atoms with E-state index in [9.17, 15) is 8.42 Å². The summed E-state index contributed by atoms with van der Waals surface area (Å²) in [5, 5.41) is 5.07. The molecule has 1 atom stereocenters. The molecule has 2 N–H and O–H groups in total. The topological polar surface area (TPSA) is 58.2 Å². The van der Waals surface area contributed by atoms with E-state index in [1.165, 1.54) is 11.3 Å². The minimum absolute atomic E-state index is 0.0409. The molecule has 0 saturated carbocycles. The zero-order valence-corrected chi connectivity index (χ0v) is 13.0. The van der Waals surface area contributed by atoms with Gasteiger partial charge in [-0.05, 0) is 24.8 Å². The Morgan fingerprint density at radius 3 is 2.56 bits per heavy atom. The molecule has 1 rings (SSSR count). The van der Waals surface area contributed by atoms with Gasteiger partial charge in [0.15, 0.2) is 0 Å². The van der Waals surface area contributed by atoms with Gasteiger partial charge in [0.1, 0.15) is 0 Å². The Kier molecular flexibility index (Phi) is 5.78. The fourth-order valence-corrected chi connectivity index (χ4v) is 4.13. The van der Waals surface area contributed by atoms with E-state index in [1.54, 1.807) is 6.07 Å². The van der Waals surface area contributed by atoms with Crippen LogP contribution in [0.15, 0.2) is 16.3 Å². The van der Waals surface area contributed by atoms with Gasteiger partial charge in [0.05, 0.1) is 4.90 Å². The summed E-state index contributed by atoms with van der Waals surface area (Å²) in [6.45, 7) is 8.50. The van der Waals surface area contributed by atoms with Crippen LogP contribution in [0.4, 0.5) is 0 Å². The van der Waals surface area contributed by atoms with Gasteiger partial charge < -0.3 is 5.32 Å². The van der Waals surface area contributed by atoms with Gasteiger partial charge in [-0.25, -0.2) is 13.1 Å². The van der Waals surface area contributed by atoms with Crippen molar-refractivity contribution < 1.29 is 8.42 Å². The van der Waals surface area contributed by atoms with Gasteiger partial charge in [0.25, 0.3) is 0 Å². The van der Waals surface area contributed by atoms with E-state index in [2.05, 4.69) is 10.0 Å². The molecule has 0 bridgehead atoms. The summed E-state index contributed by atoms with van der Waals surface area (Å²) in [7, 11) is -3.39. The van der Waals surface area contributed by atoms with Crippen molar-refractivity contribution in [2.75, 3.05) is 0 Å². The van der Waals surface area contributed by atoms with Gasteiger partial charge in [-0.3, -0.25) is 0 Å². The molecule has 1 aromatic rings. The molecule has 6 heteroatoms. The minimum atomic E-state index is -3.39. The van der Waals surface area contributed by atoms with Crippen LogP contribution in [-0.2, 0) is 16.6 Å². The van der Waals surface area contributed by atoms with E-state index in [1.807, 2.05) is 33.1 Å². The van der Waals surface area contributed by atoms with Crippen LogP contribution < -0.4 is 10.0 Å². The van der Waals surface area contributed by atoms with Crippen LogP contribution in [0, 0.1) is 0 Å². The highest BCUT2D eigenvalue weighted by molar-refractivity contribution is 7.89. The molecule has 0 radical (unpaired) electrons. The lowest BCUT2D eigenvalue weighted by Gasteiger charge is -2.13. The van der Waals surface area contributed by atoms with Crippen molar-refractivity contribution in [3.05, 3.63) is 16.3 Å². The predicted molar refractivity (Wildman–Crippen MR) is 76.4 cm³/mol. The maximum atomic E-state index is 12.2. The van der Waals surface area contributed by atoms with Crippen molar-refractivity contribution in [2.45, 2.75) is 57.6 Å². The lowest BCUT2D eigenvalue weighted by molar-refractivity contribution is 0.551. The highest BCUT2D eigenvalue weighted by Crippen LogP contribution is 2.22. The summed E-state index contributed by atoms with van der Waals surface area (Å²) >= 11 is 1.47. The Labute approximate surface area is 114 Å². The highest BCUT2D eigenvalue weighted by Gasteiger charge is 2.21. The smallest absolute Gasteiger partial charge is 0.241 e. The van der Waals surface area contributed by atoms with Crippen molar-refractivity contribution in [1.82, 2.24) is 10.0 Å². The molecule has 1 heterocycles. The number of rotatable bonds is 7.